The zero-order valence-corrected chi connectivity index (χ0v) is 15.2. The van der Waals surface area contributed by atoms with Crippen LogP contribution in [0.1, 0.15) is 22.7 Å². The van der Waals surface area contributed by atoms with Crippen molar-refractivity contribution < 1.29 is 23.4 Å². The Morgan fingerprint density at radius 3 is 2.48 bits per heavy atom. The molecule has 3 rings (SSSR count). The SMILES string of the molecule is Cc1ccc(C(O)(CO)C(F)(F)F)cc1-c1cnc(N)c(C2CNC2)n1.Cl. The lowest BCUT2D eigenvalue weighted by Gasteiger charge is -2.29. The minimum Gasteiger partial charge on any atom is -0.393 e. The third-order valence-electron chi connectivity index (χ3n) is 4.69. The first-order chi connectivity index (χ1) is 12.2. The largest absolute Gasteiger partial charge is 0.423 e. The summed E-state index contributed by atoms with van der Waals surface area (Å²) < 4.78 is 39.7. The maximum atomic E-state index is 13.2. The maximum Gasteiger partial charge on any atom is 0.423 e. The number of rotatable bonds is 4. The van der Waals surface area contributed by atoms with Gasteiger partial charge in [-0.15, -0.1) is 12.4 Å². The van der Waals surface area contributed by atoms with E-state index >= 15 is 0 Å². The van der Waals surface area contributed by atoms with Gasteiger partial charge in [-0.25, -0.2) is 9.97 Å². The minimum atomic E-state index is -5.02. The summed E-state index contributed by atoms with van der Waals surface area (Å²) in [6.45, 7) is 1.65. The first-order valence-corrected chi connectivity index (χ1v) is 8.02. The van der Waals surface area contributed by atoms with Crippen molar-refractivity contribution in [1.82, 2.24) is 15.3 Å². The number of nitrogen functional groups attached to an aromatic ring is 1. The number of alkyl halides is 3. The van der Waals surface area contributed by atoms with Crippen LogP contribution in [0.5, 0.6) is 0 Å². The summed E-state index contributed by atoms with van der Waals surface area (Å²) in [4.78, 5) is 8.60. The van der Waals surface area contributed by atoms with Crippen molar-refractivity contribution in [2.24, 2.45) is 0 Å². The second kappa shape index (κ2) is 7.59. The molecular formula is C17H20ClF3N4O2. The highest BCUT2D eigenvalue weighted by molar-refractivity contribution is 5.85. The number of nitrogens with zero attached hydrogens (tertiary/aromatic N) is 2. The number of aliphatic hydroxyl groups is 2. The van der Waals surface area contributed by atoms with Crippen molar-refractivity contribution in [2.45, 2.75) is 24.6 Å². The van der Waals surface area contributed by atoms with Crippen LogP contribution in [0.3, 0.4) is 0 Å². The summed E-state index contributed by atoms with van der Waals surface area (Å²) in [6, 6.07) is 3.77. The second-order valence-electron chi connectivity index (χ2n) is 6.43. The quantitative estimate of drug-likeness (QED) is 0.620. The monoisotopic (exact) mass is 404 g/mol. The molecule has 1 aromatic carbocycles. The van der Waals surface area contributed by atoms with Crippen LogP contribution in [0.15, 0.2) is 24.4 Å². The summed E-state index contributed by atoms with van der Waals surface area (Å²) in [5, 5.41) is 22.3. The molecule has 27 heavy (non-hydrogen) atoms. The van der Waals surface area contributed by atoms with Crippen molar-refractivity contribution in [3.8, 4) is 11.3 Å². The first kappa shape index (κ1) is 21.4. The van der Waals surface area contributed by atoms with Crippen molar-refractivity contribution in [3.63, 3.8) is 0 Å². The molecule has 0 bridgehead atoms. The lowest BCUT2D eigenvalue weighted by Crippen LogP contribution is -2.45. The predicted octanol–water partition coefficient (Wildman–Crippen LogP) is 1.89. The molecule has 0 saturated carbocycles. The van der Waals surface area contributed by atoms with Gasteiger partial charge < -0.3 is 21.3 Å². The molecule has 1 unspecified atom stereocenters. The lowest BCUT2D eigenvalue weighted by atomic mass is 9.90. The van der Waals surface area contributed by atoms with Crippen LogP contribution in [0, 0.1) is 6.92 Å². The molecule has 6 nitrogen and oxygen atoms in total. The van der Waals surface area contributed by atoms with Gasteiger partial charge in [0.1, 0.15) is 5.82 Å². The van der Waals surface area contributed by atoms with Crippen molar-refractivity contribution in [2.75, 3.05) is 25.4 Å². The smallest absolute Gasteiger partial charge is 0.393 e. The molecule has 148 valence electrons. The number of aryl methyl sites for hydroxylation is 1. The van der Waals surface area contributed by atoms with E-state index in [1.54, 1.807) is 6.92 Å². The van der Waals surface area contributed by atoms with E-state index < -0.39 is 23.9 Å². The van der Waals surface area contributed by atoms with Crippen LogP contribution in [0.2, 0.25) is 0 Å². The van der Waals surface area contributed by atoms with Gasteiger partial charge in [0.2, 0.25) is 5.60 Å². The first-order valence-electron chi connectivity index (χ1n) is 8.02. The highest BCUT2D eigenvalue weighted by Crippen LogP contribution is 2.40. The Bertz CT molecular complexity index is 830. The van der Waals surface area contributed by atoms with Crippen LogP contribution >= 0.6 is 12.4 Å². The third kappa shape index (κ3) is 3.73. The number of anilines is 1. The normalized spacial score (nSPS) is 17.0. The highest BCUT2D eigenvalue weighted by atomic mass is 35.5. The molecule has 0 radical (unpaired) electrons. The van der Waals surface area contributed by atoms with Crippen molar-refractivity contribution in [1.29, 1.82) is 0 Å². The number of hydrogen-bond acceptors (Lipinski definition) is 6. The topological polar surface area (TPSA) is 104 Å². The van der Waals surface area contributed by atoms with Crippen molar-refractivity contribution in [3.05, 3.63) is 41.2 Å². The molecule has 1 saturated heterocycles. The number of halogens is 4. The fraction of sp³-hybridized carbons (Fsp3) is 0.412. The van der Waals surface area contributed by atoms with E-state index in [1.165, 1.54) is 18.3 Å². The average molecular weight is 405 g/mol. The predicted molar refractivity (Wildman–Crippen MR) is 96.5 cm³/mol. The number of nitrogens with one attached hydrogen (secondary N) is 1. The second-order valence-corrected chi connectivity index (χ2v) is 6.43. The fourth-order valence-corrected chi connectivity index (χ4v) is 2.82. The van der Waals surface area contributed by atoms with Gasteiger partial charge in [-0.1, -0.05) is 12.1 Å². The molecule has 0 spiro atoms. The zero-order valence-electron chi connectivity index (χ0n) is 14.4. The summed E-state index contributed by atoms with van der Waals surface area (Å²) >= 11 is 0. The van der Waals surface area contributed by atoms with Crippen LogP contribution < -0.4 is 11.1 Å². The van der Waals surface area contributed by atoms with Gasteiger partial charge in [0.25, 0.3) is 0 Å². The summed E-state index contributed by atoms with van der Waals surface area (Å²) in [7, 11) is 0. The molecule has 5 N–H and O–H groups in total. The van der Waals surface area contributed by atoms with Gasteiger partial charge in [0.15, 0.2) is 0 Å². The van der Waals surface area contributed by atoms with Crippen LogP contribution in [0.25, 0.3) is 11.3 Å². The molecular weight excluding hydrogens is 385 g/mol. The molecule has 0 amide bonds. The van der Waals surface area contributed by atoms with Crippen LogP contribution in [-0.2, 0) is 5.60 Å². The van der Waals surface area contributed by atoms with Crippen molar-refractivity contribution >= 4 is 18.2 Å². The Morgan fingerprint density at radius 1 is 1.30 bits per heavy atom. The molecule has 1 aromatic heterocycles. The van der Waals surface area contributed by atoms with E-state index in [0.717, 1.165) is 6.07 Å². The third-order valence-corrected chi connectivity index (χ3v) is 4.69. The number of benzene rings is 1. The van der Waals surface area contributed by atoms with Crippen LogP contribution in [-0.4, -0.2) is 46.1 Å². The number of nitrogens with two attached hydrogens (primary N) is 1. The molecule has 2 aromatic rings. The standard InChI is InChI=1S/C17H19F3N4O2.ClH/c1-9-2-3-11(16(26,8-25)17(18,19)20)4-12(9)13-7-23-15(21)14(24-13)10-5-22-6-10;/h2-4,7,10,22,25-26H,5-6,8H2,1H3,(H2,21,23);1H. The number of aromatic nitrogens is 2. The molecule has 0 aliphatic carbocycles. The molecule has 1 atom stereocenters. The zero-order chi connectivity index (χ0) is 19.1. The van der Waals surface area contributed by atoms with Gasteiger partial charge in [-0.2, -0.15) is 13.2 Å². The molecule has 1 aliphatic rings. The Morgan fingerprint density at radius 2 is 1.96 bits per heavy atom. The van der Waals surface area contributed by atoms with Crippen LogP contribution in [0.4, 0.5) is 19.0 Å². The van der Waals surface area contributed by atoms with Gasteiger partial charge in [-0.3, -0.25) is 0 Å². The van der Waals surface area contributed by atoms with Gasteiger partial charge in [0.05, 0.1) is 24.2 Å². The number of hydrogen-bond donors (Lipinski definition) is 4. The van der Waals surface area contributed by atoms with Gasteiger partial charge in [0, 0.05) is 24.6 Å². The number of aliphatic hydroxyl groups excluding tert-OH is 1. The molecule has 1 fully saturated rings. The fourth-order valence-electron chi connectivity index (χ4n) is 2.82. The van der Waals surface area contributed by atoms with E-state index in [1.807, 2.05) is 0 Å². The Labute approximate surface area is 160 Å². The Balaban J connectivity index is 0.00000261. The molecule has 2 heterocycles. The van der Waals surface area contributed by atoms with Gasteiger partial charge >= 0.3 is 6.18 Å². The highest BCUT2D eigenvalue weighted by Gasteiger charge is 2.54. The molecule has 10 heteroatoms. The maximum absolute atomic E-state index is 13.2. The van der Waals surface area contributed by atoms with E-state index in [-0.39, 0.29) is 24.1 Å². The van der Waals surface area contributed by atoms with E-state index in [9.17, 15) is 23.4 Å². The van der Waals surface area contributed by atoms with E-state index in [2.05, 4.69) is 15.3 Å². The summed E-state index contributed by atoms with van der Waals surface area (Å²) in [5.74, 6) is 0.395. The van der Waals surface area contributed by atoms with E-state index in [4.69, 9.17) is 5.73 Å². The summed E-state index contributed by atoms with van der Waals surface area (Å²) in [5.41, 5.74) is 4.07. The minimum absolute atomic E-state index is 0. The Kier molecular flexibility index (Phi) is 6.00. The molecule has 1 aliphatic heterocycles. The van der Waals surface area contributed by atoms with E-state index in [0.29, 0.717) is 35.6 Å². The Hall–Kier alpha value is -1.94. The summed E-state index contributed by atoms with van der Waals surface area (Å²) in [6.07, 6.45) is -3.63. The van der Waals surface area contributed by atoms with Gasteiger partial charge in [-0.05, 0) is 24.1 Å². The lowest BCUT2D eigenvalue weighted by molar-refractivity contribution is -0.277. The average Bonchev–Trinajstić information content (AvgIpc) is 2.54.